The molecule has 2 N–H and O–H groups in total. The predicted octanol–water partition coefficient (Wildman–Crippen LogP) is 2.45. The monoisotopic (exact) mass is 388 g/mol. The largest absolute Gasteiger partial charge is 0.386 e. The second-order valence-electron chi connectivity index (χ2n) is 5.98. The first-order chi connectivity index (χ1) is 11.4. The topological polar surface area (TPSA) is 104 Å². The molecule has 0 spiro atoms. The average Bonchev–Trinajstić information content (AvgIpc) is 3.10. The van der Waals surface area contributed by atoms with Crippen molar-refractivity contribution in [1.82, 2.24) is 0 Å². The van der Waals surface area contributed by atoms with E-state index in [9.17, 15) is 10.5 Å². The van der Waals surface area contributed by atoms with Gasteiger partial charge in [0, 0.05) is 18.7 Å². The van der Waals surface area contributed by atoms with Crippen molar-refractivity contribution in [3.63, 3.8) is 0 Å². The summed E-state index contributed by atoms with van der Waals surface area (Å²) in [5, 5.41) is 20.2. The van der Waals surface area contributed by atoms with Gasteiger partial charge in [-0.15, -0.1) is 0 Å². The molecule has 124 valence electrons. The number of amidine groups is 1. The maximum Gasteiger partial charge on any atom is 0.293 e. The zero-order chi connectivity index (χ0) is 17.8. The Kier molecular flexibility index (Phi) is 3.55. The molecule has 6 nitrogen and oxygen atoms in total. The number of fused-ring (bicyclic) bond motifs is 1. The first kappa shape index (κ1) is 16.9. The van der Waals surface area contributed by atoms with Crippen molar-refractivity contribution in [2.24, 2.45) is 21.6 Å². The van der Waals surface area contributed by atoms with E-state index in [1.165, 1.54) is 14.2 Å². The Morgan fingerprint density at radius 3 is 2.17 bits per heavy atom. The molecule has 1 aromatic carbocycles. The van der Waals surface area contributed by atoms with E-state index in [1.807, 2.05) is 31.2 Å². The van der Waals surface area contributed by atoms with Gasteiger partial charge in [0.25, 0.3) is 5.91 Å². The lowest BCUT2D eigenvalue weighted by Crippen LogP contribution is -2.45. The van der Waals surface area contributed by atoms with E-state index in [-0.39, 0.29) is 5.84 Å². The maximum atomic E-state index is 10.2. The number of hydrogen-bond donors (Lipinski definition) is 1. The lowest BCUT2D eigenvalue weighted by Gasteiger charge is -2.33. The number of benzene rings is 1. The maximum absolute atomic E-state index is 10.2. The lowest BCUT2D eigenvalue weighted by atomic mass is 9.80. The zero-order valence-corrected chi connectivity index (χ0v) is 15.2. The van der Waals surface area contributed by atoms with Crippen LogP contribution in [0.3, 0.4) is 0 Å². The molecule has 1 aliphatic carbocycles. The molecule has 1 aliphatic heterocycles. The number of aliphatic imine (C=N–C) groups is 1. The number of nitriles is 2. The minimum Gasteiger partial charge on any atom is -0.386 e. The fourth-order valence-electron chi connectivity index (χ4n) is 4.74. The highest BCUT2D eigenvalue weighted by molar-refractivity contribution is 9.10. The average molecular weight is 389 g/mol. The fourth-order valence-corrected chi connectivity index (χ4v) is 5.00. The summed E-state index contributed by atoms with van der Waals surface area (Å²) < 4.78 is 12.0. The molecule has 7 heteroatoms. The van der Waals surface area contributed by atoms with E-state index in [4.69, 9.17) is 15.2 Å². The van der Waals surface area contributed by atoms with E-state index >= 15 is 0 Å². The zero-order valence-electron chi connectivity index (χ0n) is 13.6. The first-order valence-electron chi connectivity index (χ1n) is 7.48. The van der Waals surface area contributed by atoms with Crippen molar-refractivity contribution < 1.29 is 9.47 Å². The third-order valence-corrected chi connectivity index (χ3v) is 6.19. The molecule has 2 aliphatic rings. The number of nitrogens with two attached hydrogens (primary N) is 1. The van der Waals surface area contributed by atoms with E-state index in [0.29, 0.717) is 6.42 Å². The van der Waals surface area contributed by atoms with Crippen molar-refractivity contribution >= 4 is 21.8 Å². The van der Waals surface area contributed by atoms with Crippen LogP contribution in [0, 0.1) is 33.5 Å². The summed E-state index contributed by atoms with van der Waals surface area (Å²) in [5.41, 5.74) is 3.52. The van der Waals surface area contributed by atoms with Gasteiger partial charge >= 0.3 is 0 Å². The Morgan fingerprint density at radius 1 is 1.17 bits per heavy atom. The van der Waals surface area contributed by atoms with Crippen LogP contribution >= 0.6 is 15.9 Å². The molecule has 1 fully saturated rings. The summed E-state index contributed by atoms with van der Waals surface area (Å²) in [5.74, 6) is -1.52. The SMILES string of the molecule is CC[C@@]1(c2ccc(Br)cc2)[C@]2(C#N)C(N)=NC(OC)(OC)[C@@]21C#N. The molecule has 24 heavy (non-hydrogen) atoms. The van der Waals surface area contributed by atoms with Gasteiger partial charge in [0.2, 0.25) is 0 Å². The van der Waals surface area contributed by atoms with Crippen LogP contribution in [0.2, 0.25) is 0 Å². The molecule has 0 bridgehead atoms. The Balaban J connectivity index is 2.38. The van der Waals surface area contributed by atoms with Gasteiger partial charge in [-0.3, -0.25) is 0 Å². The van der Waals surface area contributed by atoms with Crippen molar-refractivity contribution in [3.8, 4) is 12.1 Å². The summed E-state index contributed by atoms with van der Waals surface area (Å²) in [7, 11) is 2.82. The van der Waals surface area contributed by atoms with Crippen molar-refractivity contribution in [3.05, 3.63) is 34.3 Å². The molecular weight excluding hydrogens is 372 g/mol. The first-order valence-corrected chi connectivity index (χ1v) is 8.27. The highest BCUT2D eigenvalue weighted by Gasteiger charge is 3.00. The Morgan fingerprint density at radius 2 is 1.75 bits per heavy atom. The third kappa shape index (κ3) is 1.33. The fraction of sp³-hybridized carbons (Fsp3) is 0.471. The minimum absolute atomic E-state index is 0.0834. The van der Waals surface area contributed by atoms with Gasteiger partial charge in [-0.05, 0) is 24.1 Å². The Bertz CT molecular complexity index is 805. The normalized spacial score (nSPS) is 35.5. The molecule has 3 rings (SSSR count). The van der Waals surface area contributed by atoms with E-state index in [2.05, 4.69) is 33.1 Å². The second-order valence-corrected chi connectivity index (χ2v) is 6.89. The quantitative estimate of drug-likeness (QED) is 0.797. The number of nitrogens with zero attached hydrogens (tertiary/aromatic N) is 3. The number of halogens is 1. The van der Waals surface area contributed by atoms with Crippen molar-refractivity contribution in [1.29, 1.82) is 10.5 Å². The molecule has 0 aromatic heterocycles. The van der Waals surface area contributed by atoms with Crippen molar-refractivity contribution in [2.75, 3.05) is 14.2 Å². The lowest BCUT2D eigenvalue weighted by molar-refractivity contribution is -0.234. The van der Waals surface area contributed by atoms with Crippen LogP contribution in [0.4, 0.5) is 0 Å². The molecule has 3 atom stereocenters. The van der Waals surface area contributed by atoms with Crippen LogP contribution in [-0.4, -0.2) is 26.0 Å². The van der Waals surface area contributed by atoms with E-state index in [1.54, 1.807) is 0 Å². The number of hydrogen-bond acceptors (Lipinski definition) is 6. The molecule has 1 heterocycles. The smallest absolute Gasteiger partial charge is 0.293 e. The summed E-state index contributed by atoms with van der Waals surface area (Å²) >= 11 is 3.41. The summed E-state index contributed by atoms with van der Waals surface area (Å²) in [4.78, 5) is 4.26. The third-order valence-electron chi connectivity index (χ3n) is 5.66. The summed E-state index contributed by atoms with van der Waals surface area (Å²) in [6, 6.07) is 12.1. The Labute approximate surface area is 149 Å². The highest BCUT2D eigenvalue weighted by atomic mass is 79.9. The van der Waals surface area contributed by atoms with Gasteiger partial charge in [0.15, 0.2) is 10.8 Å². The molecule has 0 amide bonds. The molecule has 0 unspecified atom stereocenters. The van der Waals surface area contributed by atoms with Crippen LogP contribution in [-0.2, 0) is 14.9 Å². The second kappa shape index (κ2) is 5.03. The molecule has 0 saturated heterocycles. The van der Waals surface area contributed by atoms with Gasteiger partial charge in [-0.1, -0.05) is 35.0 Å². The van der Waals surface area contributed by atoms with Gasteiger partial charge in [0.1, 0.15) is 5.84 Å². The van der Waals surface area contributed by atoms with Gasteiger partial charge in [-0.25, -0.2) is 4.99 Å². The van der Waals surface area contributed by atoms with Crippen molar-refractivity contribution in [2.45, 2.75) is 24.7 Å². The summed E-state index contributed by atoms with van der Waals surface area (Å²) in [6.07, 6.45) is 0.514. The molecule has 0 radical (unpaired) electrons. The molecule has 1 aromatic rings. The van der Waals surface area contributed by atoms with Gasteiger partial charge < -0.3 is 15.2 Å². The van der Waals surface area contributed by atoms with E-state index < -0.39 is 22.2 Å². The Hall–Kier alpha value is -1.93. The number of ether oxygens (including phenoxy) is 2. The van der Waals surface area contributed by atoms with Crippen LogP contribution < -0.4 is 5.73 Å². The minimum atomic E-state index is -1.61. The van der Waals surface area contributed by atoms with E-state index in [0.717, 1.165) is 10.0 Å². The van der Waals surface area contributed by atoms with Crippen LogP contribution in [0.15, 0.2) is 33.7 Å². The molecule has 1 saturated carbocycles. The van der Waals surface area contributed by atoms with Crippen LogP contribution in [0.5, 0.6) is 0 Å². The van der Waals surface area contributed by atoms with Gasteiger partial charge in [-0.2, -0.15) is 10.5 Å². The highest BCUT2D eigenvalue weighted by Crippen LogP contribution is 2.86. The summed E-state index contributed by atoms with van der Waals surface area (Å²) in [6.45, 7) is 1.93. The molecular formula is C17H17BrN4O2. The van der Waals surface area contributed by atoms with Crippen LogP contribution in [0.25, 0.3) is 0 Å². The van der Waals surface area contributed by atoms with Crippen LogP contribution in [0.1, 0.15) is 18.9 Å². The number of methoxy groups -OCH3 is 2. The standard InChI is InChI=1S/C17H17BrN4O2/c1-4-14(11-5-7-12(18)8-6-11)15(9-19)13(21)22-17(23-2,24-3)16(14,15)10-20/h5-8H,4H2,1-3H3,(H2,21,22)/t14-,15+,16-/m1/s1. The predicted molar refractivity (Wildman–Crippen MR) is 90.6 cm³/mol. The van der Waals surface area contributed by atoms with Gasteiger partial charge in [0.05, 0.1) is 17.6 Å². The number of rotatable bonds is 4.